The van der Waals surface area contributed by atoms with Gasteiger partial charge in [-0.25, -0.2) is 8.42 Å². The van der Waals surface area contributed by atoms with Crippen molar-refractivity contribution in [3.8, 4) is 0 Å². The van der Waals surface area contributed by atoms with Gasteiger partial charge in [0.05, 0.1) is 0 Å². The van der Waals surface area contributed by atoms with Gasteiger partial charge >= 0.3 is 0 Å². The van der Waals surface area contributed by atoms with Gasteiger partial charge in [0.25, 0.3) is 10.0 Å². The van der Waals surface area contributed by atoms with Crippen molar-refractivity contribution >= 4 is 38.7 Å². The van der Waals surface area contributed by atoms with E-state index in [0.717, 1.165) is 11.3 Å². The Hall–Kier alpha value is -2.03. The van der Waals surface area contributed by atoms with Gasteiger partial charge in [-0.2, -0.15) is 4.31 Å². The highest BCUT2D eigenvalue weighted by Crippen LogP contribution is 2.29. The molecule has 2 aromatic rings. The molecule has 6 nitrogen and oxygen atoms in total. The van der Waals surface area contributed by atoms with Gasteiger partial charge < -0.3 is 5.32 Å². The van der Waals surface area contributed by atoms with Crippen molar-refractivity contribution in [3.63, 3.8) is 0 Å². The van der Waals surface area contributed by atoms with E-state index in [1.165, 1.54) is 11.2 Å². The molecule has 8 heteroatoms. The van der Waals surface area contributed by atoms with Crippen LogP contribution in [0.3, 0.4) is 0 Å². The third-order valence-corrected chi connectivity index (χ3v) is 7.38. The lowest BCUT2D eigenvalue weighted by Gasteiger charge is -2.22. The zero-order valence-corrected chi connectivity index (χ0v) is 15.3. The number of rotatable bonds is 5. The molecule has 0 radical (unpaired) electrons. The average Bonchev–Trinajstić information content (AvgIpc) is 3.27. The molecule has 1 unspecified atom stereocenters. The predicted molar refractivity (Wildman–Crippen MR) is 96.3 cm³/mol. The number of amides is 1. The van der Waals surface area contributed by atoms with Crippen LogP contribution < -0.4 is 5.32 Å². The highest BCUT2D eigenvalue weighted by Gasteiger charge is 2.39. The fourth-order valence-corrected chi connectivity index (χ4v) is 5.63. The maximum Gasteiger partial charge on any atom is 0.253 e. The summed E-state index contributed by atoms with van der Waals surface area (Å²) in [4.78, 5) is 24.1. The van der Waals surface area contributed by atoms with Crippen LogP contribution in [0.25, 0.3) is 0 Å². The lowest BCUT2D eigenvalue weighted by atomic mass is 10.1. The Balaban J connectivity index is 1.80. The Morgan fingerprint density at radius 1 is 1.24 bits per heavy atom. The lowest BCUT2D eigenvalue weighted by Crippen LogP contribution is -2.42. The van der Waals surface area contributed by atoms with Crippen molar-refractivity contribution in [1.29, 1.82) is 0 Å². The quantitative estimate of drug-likeness (QED) is 0.811. The summed E-state index contributed by atoms with van der Waals surface area (Å²) < 4.78 is 26.9. The minimum atomic E-state index is -3.67. The summed E-state index contributed by atoms with van der Waals surface area (Å²) >= 11 is 1.14. The summed E-state index contributed by atoms with van der Waals surface area (Å²) in [5, 5.41) is 4.43. The fourth-order valence-electron chi connectivity index (χ4n) is 2.86. The smallest absolute Gasteiger partial charge is 0.253 e. The largest absolute Gasteiger partial charge is 0.325 e. The second kappa shape index (κ2) is 7.07. The van der Waals surface area contributed by atoms with Crippen LogP contribution in [0.5, 0.6) is 0 Å². The molecule has 0 aliphatic carbocycles. The van der Waals surface area contributed by atoms with E-state index >= 15 is 0 Å². The predicted octanol–water partition coefficient (Wildman–Crippen LogP) is 2.74. The SMILES string of the molecule is CC(=O)c1cccc(NC(=O)C2CCCN2S(=O)(=O)c2cccs2)c1. The number of anilines is 1. The highest BCUT2D eigenvalue weighted by atomic mass is 32.2. The number of nitrogens with zero attached hydrogens (tertiary/aromatic N) is 1. The fraction of sp³-hybridized carbons (Fsp3) is 0.294. The van der Waals surface area contributed by atoms with Gasteiger partial charge in [-0.15, -0.1) is 11.3 Å². The molecular formula is C17H18N2O4S2. The van der Waals surface area contributed by atoms with Gasteiger partial charge in [-0.05, 0) is 43.3 Å². The van der Waals surface area contributed by atoms with Crippen molar-refractivity contribution in [3.05, 3.63) is 47.3 Å². The minimum absolute atomic E-state index is 0.0983. The Morgan fingerprint density at radius 2 is 2.04 bits per heavy atom. The van der Waals surface area contributed by atoms with E-state index in [4.69, 9.17) is 0 Å². The molecule has 1 aliphatic heterocycles. The molecular weight excluding hydrogens is 360 g/mol. The van der Waals surface area contributed by atoms with E-state index in [1.807, 2.05) is 0 Å². The first-order valence-electron chi connectivity index (χ1n) is 7.87. The number of thiophene rings is 1. The summed E-state index contributed by atoms with van der Waals surface area (Å²) in [6.45, 7) is 1.78. The standard InChI is InChI=1S/C17H18N2O4S2/c1-12(20)13-5-2-6-14(11-13)18-17(21)15-7-3-9-19(15)25(22,23)16-8-4-10-24-16/h2,4-6,8,10-11,15H,3,7,9H2,1H3,(H,18,21). The number of benzene rings is 1. The maximum atomic E-state index is 12.7. The molecule has 3 rings (SSSR count). The lowest BCUT2D eigenvalue weighted by molar-refractivity contribution is -0.119. The van der Waals surface area contributed by atoms with Gasteiger partial charge in [0.1, 0.15) is 10.3 Å². The molecule has 0 bridgehead atoms. The van der Waals surface area contributed by atoms with Crippen LogP contribution in [-0.2, 0) is 14.8 Å². The zero-order chi connectivity index (χ0) is 18.0. The minimum Gasteiger partial charge on any atom is -0.325 e. The van der Waals surface area contributed by atoms with E-state index in [-0.39, 0.29) is 15.9 Å². The highest BCUT2D eigenvalue weighted by molar-refractivity contribution is 7.91. The van der Waals surface area contributed by atoms with Crippen LogP contribution in [0.15, 0.2) is 46.0 Å². The van der Waals surface area contributed by atoms with Crippen molar-refractivity contribution < 1.29 is 18.0 Å². The van der Waals surface area contributed by atoms with Crippen LogP contribution in [-0.4, -0.2) is 37.0 Å². The molecule has 1 aliphatic rings. The zero-order valence-electron chi connectivity index (χ0n) is 13.6. The van der Waals surface area contributed by atoms with Crippen LogP contribution in [0.1, 0.15) is 30.1 Å². The number of nitrogens with one attached hydrogen (secondary N) is 1. The topological polar surface area (TPSA) is 83.6 Å². The van der Waals surface area contributed by atoms with Gasteiger partial charge in [-0.1, -0.05) is 18.2 Å². The van der Waals surface area contributed by atoms with Crippen molar-refractivity contribution in [2.24, 2.45) is 0 Å². The second-order valence-electron chi connectivity index (χ2n) is 5.83. The normalized spacial score (nSPS) is 18.2. The van der Waals surface area contributed by atoms with Gasteiger partial charge in [0.2, 0.25) is 5.91 Å². The molecule has 0 saturated carbocycles. The number of ketones is 1. The number of hydrogen-bond acceptors (Lipinski definition) is 5. The third kappa shape index (κ3) is 3.65. The molecule has 0 spiro atoms. The number of Topliss-reactive ketones (excluding diaryl/α,β-unsaturated/α-hetero) is 1. The number of sulfonamides is 1. The maximum absolute atomic E-state index is 12.7. The molecule has 1 N–H and O–H groups in total. The van der Waals surface area contributed by atoms with E-state index in [2.05, 4.69) is 5.32 Å². The summed E-state index contributed by atoms with van der Waals surface area (Å²) in [5.41, 5.74) is 0.977. The summed E-state index contributed by atoms with van der Waals surface area (Å²) in [5.74, 6) is -0.475. The molecule has 1 amide bonds. The van der Waals surface area contributed by atoms with Gasteiger partial charge in [-0.3, -0.25) is 9.59 Å². The molecule has 1 saturated heterocycles. The Morgan fingerprint density at radius 3 is 2.72 bits per heavy atom. The summed E-state index contributed by atoms with van der Waals surface area (Å²) in [7, 11) is -3.67. The van der Waals surface area contributed by atoms with Crippen LogP contribution in [0.2, 0.25) is 0 Å². The van der Waals surface area contributed by atoms with Crippen molar-refractivity contribution in [2.75, 3.05) is 11.9 Å². The summed E-state index contributed by atoms with van der Waals surface area (Å²) in [6.07, 6.45) is 1.11. The summed E-state index contributed by atoms with van der Waals surface area (Å²) in [6, 6.07) is 9.10. The van der Waals surface area contributed by atoms with Crippen molar-refractivity contribution in [2.45, 2.75) is 30.0 Å². The van der Waals surface area contributed by atoms with Crippen LogP contribution in [0.4, 0.5) is 5.69 Å². The first-order valence-corrected chi connectivity index (χ1v) is 10.2. The van der Waals surface area contributed by atoms with Crippen LogP contribution in [0, 0.1) is 0 Å². The van der Waals surface area contributed by atoms with E-state index in [0.29, 0.717) is 30.6 Å². The van der Waals surface area contributed by atoms with Crippen LogP contribution >= 0.6 is 11.3 Å². The van der Waals surface area contributed by atoms with Crippen molar-refractivity contribution in [1.82, 2.24) is 4.31 Å². The average molecular weight is 378 g/mol. The molecule has 1 aromatic heterocycles. The Kier molecular flexibility index (Phi) is 5.03. The van der Waals surface area contributed by atoms with Gasteiger partial charge in [0.15, 0.2) is 5.78 Å². The van der Waals surface area contributed by atoms with E-state index in [9.17, 15) is 18.0 Å². The van der Waals surface area contributed by atoms with E-state index in [1.54, 1.807) is 41.8 Å². The molecule has 25 heavy (non-hydrogen) atoms. The Labute approximate surface area is 150 Å². The molecule has 1 aromatic carbocycles. The number of hydrogen-bond donors (Lipinski definition) is 1. The monoisotopic (exact) mass is 378 g/mol. The molecule has 2 heterocycles. The second-order valence-corrected chi connectivity index (χ2v) is 8.90. The first kappa shape index (κ1) is 17.8. The number of carbonyl (C=O) groups excluding carboxylic acids is 2. The molecule has 1 atom stereocenters. The van der Waals surface area contributed by atoms with E-state index < -0.39 is 16.1 Å². The molecule has 132 valence electrons. The number of carbonyl (C=O) groups is 2. The van der Waals surface area contributed by atoms with Gasteiger partial charge in [0, 0.05) is 17.8 Å². The Bertz CT molecular complexity index is 891. The molecule has 1 fully saturated rings. The first-order chi connectivity index (χ1) is 11.9. The third-order valence-electron chi connectivity index (χ3n) is 4.10.